The van der Waals surface area contributed by atoms with Gasteiger partial charge < -0.3 is 35.2 Å². The largest absolute Gasteiger partial charge is 0.756 e. The molecule has 0 bridgehead atoms. The van der Waals surface area contributed by atoms with Crippen LogP contribution in [0.4, 0.5) is 5.82 Å². The lowest BCUT2D eigenvalue weighted by molar-refractivity contribution is -0.236. The first kappa shape index (κ1) is 23.3. The molecule has 0 spiro atoms. The lowest BCUT2D eigenvalue weighted by Crippen LogP contribution is -2.28. The number of ether oxygens (including phenoxy) is 1. The number of nitrogen functional groups attached to an aromatic ring is 1. The van der Waals surface area contributed by atoms with Crippen LogP contribution in [0.5, 0.6) is 0 Å². The standard InChI is InChI=1S/C9H16N3O13P3/c10-7-1-2-12(9(14)11-7)8-3-5(13)6(23-8)4-22-27(18,19)25-28(20,21)24-26(15,16)17/h1-2,5-6,8,13H,3-4H2,(H,18,19)(H,20,21)(H2,10,11,14)(H2,15,16,17)/p-2. The number of phosphoric acid groups is 3. The fourth-order valence-electron chi connectivity index (χ4n) is 2.14. The molecule has 1 aromatic heterocycles. The minimum absolute atomic E-state index is 0.0483. The first-order chi connectivity index (χ1) is 12.7. The summed E-state index contributed by atoms with van der Waals surface area (Å²) in [6.45, 7) is -0.892. The van der Waals surface area contributed by atoms with Gasteiger partial charge >= 0.3 is 13.5 Å². The highest BCUT2D eigenvalue weighted by atomic mass is 31.3. The number of phosphoric ester groups is 1. The smallest absolute Gasteiger partial charge is 0.478 e. The maximum Gasteiger partial charge on any atom is 0.478 e. The highest BCUT2D eigenvalue weighted by Crippen LogP contribution is 2.63. The van der Waals surface area contributed by atoms with E-state index in [1.165, 1.54) is 12.3 Å². The van der Waals surface area contributed by atoms with Crippen LogP contribution >= 0.6 is 23.5 Å². The van der Waals surface area contributed by atoms with Gasteiger partial charge in [-0.1, -0.05) is 0 Å². The molecule has 1 aromatic rings. The van der Waals surface area contributed by atoms with E-state index < -0.39 is 54.2 Å². The van der Waals surface area contributed by atoms with E-state index >= 15 is 0 Å². The Bertz CT molecular complexity index is 914. The number of aliphatic hydroxyl groups is 1. The molecule has 6 atom stereocenters. The number of nitrogens with two attached hydrogens (primary N) is 1. The van der Waals surface area contributed by atoms with Gasteiger partial charge in [0, 0.05) is 12.6 Å². The Hall–Kier alpha value is -0.990. The van der Waals surface area contributed by atoms with Crippen LogP contribution in [0.2, 0.25) is 0 Å². The fourth-order valence-corrected chi connectivity index (χ4v) is 5.07. The SMILES string of the molecule is Nc1ccn(C2CC(O)C(COP(=O)(O)OP(=O)([O-])OP(=O)([O-])O)O2)c(=O)n1. The second kappa shape index (κ2) is 8.40. The van der Waals surface area contributed by atoms with Crippen LogP contribution in [0.25, 0.3) is 0 Å². The Morgan fingerprint density at radius 2 is 1.96 bits per heavy atom. The lowest BCUT2D eigenvalue weighted by atomic mass is 10.2. The van der Waals surface area contributed by atoms with Gasteiger partial charge in [-0.15, -0.1) is 0 Å². The molecule has 160 valence electrons. The van der Waals surface area contributed by atoms with E-state index in [-0.39, 0.29) is 12.2 Å². The molecule has 0 amide bonds. The van der Waals surface area contributed by atoms with E-state index in [0.717, 1.165) is 4.57 Å². The highest BCUT2D eigenvalue weighted by Gasteiger charge is 2.39. The molecule has 1 aliphatic heterocycles. The summed E-state index contributed by atoms with van der Waals surface area (Å²) in [5.74, 6) is -0.0483. The van der Waals surface area contributed by atoms with E-state index in [1.807, 2.05) is 0 Å². The van der Waals surface area contributed by atoms with Gasteiger partial charge in [0.05, 0.1) is 12.7 Å². The van der Waals surface area contributed by atoms with E-state index in [2.05, 4.69) is 18.1 Å². The average Bonchev–Trinajstić information content (AvgIpc) is 2.82. The maximum atomic E-state index is 11.8. The van der Waals surface area contributed by atoms with E-state index in [9.17, 15) is 38.3 Å². The number of anilines is 1. The van der Waals surface area contributed by atoms with Crippen molar-refractivity contribution in [3.8, 4) is 0 Å². The van der Waals surface area contributed by atoms with Gasteiger partial charge in [-0.3, -0.25) is 18.2 Å². The summed E-state index contributed by atoms with van der Waals surface area (Å²) in [6.07, 6.45) is -2.54. The normalized spacial score (nSPS) is 29.0. The lowest BCUT2D eigenvalue weighted by Gasteiger charge is -2.28. The topological polar surface area (TPSA) is 256 Å². The van der Waals surface area contributed by atoms with Gasteiger partial charge in [-0.2, -0.15) is 4.98 Å². The number of rotatable bonds is 8. The Labute approximate surface area is 155 Å². The second-order valence-electron chi connectivity index (χ2n) is 5.32. The Kier molecular flexibility index (Phi) is 6.99. The minimum atomic E-state index is -5.97. The van der Waals surface area contributed by atoms with Gasteiger partial charge in [0.15, 0.2) is 0 Å². The highest BCUT2D eigenvalue weighted by molar-refractivity contribution is 7.65. The third-order valence-corrected chi connectivity index (χ3v) is 6.90. The first-order valence-electron chi connectivity index (χ1n) is 7.10. The molecule has 0 aromatic carbocycles. The van der Waals surface area contributed by atoms with Crippen molar-refractivity contribution in [3.05, 3.63) is 22.7 Å². The fraction of sp³-hybridized carbons (Fsp3) is 0.556. The summed E-state index contributed by atoms with van der Waals surface area (Å²) < 4.78 is 50.4. The quantitative estimate of drug-likeness (QED) is 0.291. The molecule has 0 radical (unpaired) electrons. The van der Waals surface area contributed by atoms with Crippen LogP contribution in [-0.4, -0.2) is 43.3 Å². The average molecular weight is 465 g/mol. The molecule has 2 rings (SSSR count). The molecule has 16 nitrogen and oxygen atoms in total. The van der Waals surface area contributed by atoms with Crippen LogP contribution in [0.15, 0.2) is 17.1 Å². The minimum Gasteiger partial charge on any atom is -0.756 e. The molecular weight excluding hydrogens is 451 g/mol. The van der Waals surface area contributed by atoms with Crippen LogP contribution in [-0.2, 0) is 31.6 Å². The Morgan fingerprint density at radius 1 is 1.32 bits per heavy atom. The molecule has 19 heteroatoms. The summed E-state index contributed by atoms with van der Waals surface area (Å²) in [5, 5.41) is 9.92. The zero-order chi connectivity index (χ0) is 21.3. The van der Waals surface area contributed by atoms with Crippen LogP contribution in [0.1, 0.15) is 12.6 Å². The molecule has 5 N–H and O–H groups in total. The summed E-state index contributed by atoms with van der Waals surface area (Å²) in [6, 6.07) is 1.29. The van der Waals surface area contributed by atoms with Crippen molar-refractivity contribution in [2.45, 2.75) is 24.9 Å². The van der Waals surface area contributed by atoms with Gasteiger partial charge in [-0.25, -0.2) is 18.0 Å². The third-order valence-electron chi connectivity index (χ3n) is 3.17. The third kappa shape index (κ3) is 6.81. The molecule has 2 heterocycles. The van der Waals surface area contributed by atoms with Gasteiger partial charge in [-0.05, 0) is 6.07 Å². The molecule has 6 unspecified atom stereocenters. The van der Waals surface area contributed by atoms with Crippen molar-refractivity contribution in [2.24, 2.45) is 0 Å². The van der Waals surface area contributed by atoms with Crippen LogP contribution in [0, 0.1) is 0 Å². The predicted octanol–water partition coefficient (Wildman–Crippen LogP) is -2.45. The predicted molar refractivity (Wildman–Crippen MR) is 82.8 cm³/mol. The maximum absolute atomic E-state index is 11.8. The van der Waals surface area contributed by atoms with Gasteiger partial charge in [0.2, 0.25) is 0 Å². The van der Waals surface area contributed by atoms with Crippen molar-refractivity contribution < 1.29 is 56.3 Å². The summed E-state index contributed by atoms with van der Waals surface area (Å²) in [5.41, 5.74) is 4.56. The van der Waals surface area contributed by atoms with Gasteiger partial charge in [0.1, 0.15) is 18.1 Å². The van der Waals surface area contributed by atoms with Crippen molar-refractivity contribution in [1.29, 1.82) is 0 Å². The Balaban J connectivity index is 1.98. The molecule has 1 fully saturated rings. The van der Waals surface area contributed by atoms with Crippen molar-refractivity contribution in [1.82, 2.24) is 9.55 Å². The van der Waals surface area contributed by atoms with Gasteiger partial charge in [0.25, 0.3) is 15.6 Å². The molecule has 0 saturated carbocycles. The summed E-state index contributed by atoms with van der Waals surface area (Å²) in [4.78, 5) is 54.3. The van der Waals surface area contributed by atoms with Crippen molar-refractivity contribution >= 4 is 29.3 Å². The molecule has 0 aliphatic carbocycles. The number of hydrogen-bond donors (Lipinski definition) is 4. The molecule has 1 aliphatic rings. The molecule has 28 heavy (non-hydrogen) atoms. The molecular formula is C9H14N3O13P3-2. The second-order valence-corrected chi connectivity index (χ2v) is 9.65. The number of aromatic nitrogens is 2. The zero-order valence-electron chi connectivity index (χ0n) is 13.5. The van der Waals surface area contributed by atoms with E-state index in [4.69, 9.17) is 15.4 Å². The molecule has 1 saturated heterocycles. The summed E-state index contributed by atoms with van der Waals surface area (Å²) in [7, 11) is -17.2. The van der Waals surface area contributed by atoms with Crippen molar-refractivity contribution in [3.63, 3.8) is 0 Å². The van der Waals surface area contributed by atoms with Crippen LogP contribution in [0.3, 0.4) is 0 Å². The zero-order valence-corrected chi connectivity index (χ0v) is 16.2. The van der Waals surface area contributed by atoms with Crippen LogP contribution < -0.4 is 21.2 Å². The monoisotopic (exact) mass is 465 g/mol. The number of nitrogens with zero attached hydrogens (tertiary/aromatic N) is 2. The van der Waals surface area contributed by atoms with Crippen molar-refractivity contribution in [2.75, 3.05) is 12.3 Å². The number of aliphatic hydroxyl groups excluding tert-OH is 1. The van der Waals surface area contributed by atoms with E-state index in [0.29, 0.717) is 0 Å². The van der Waals surface area contributed by atoms with E-state index in [1.54, 1.807) is 0 Å². The Morgan fingerprint density at radius 3 is 2.54 bits per heavy atom. The first-order valence-corrected chi connectivity index (χ1v) is 11.6. The number of hydrogen-bond acceptors (Lipinski definition) is 13. The summed E-state index contributed by atoms with van der Waals surface area (Å²) >= 11 is 0.